The number of nitrogens with two attached hydrogens (primary N) is 1. The molecule has 3 radical (unpaired) electrons. The second-order valence-electron chi connectivity index (χ2n) is 13.4. The fourth-order valence-electron chi connectivity index (χ4n) is 5.06. The zero-order valence-corrected chi connectivity index (χ0v) is 45.3. The van der Waals surface area contributed by atoms with Crippen molar-refractivity contribution in [2.45, 2.75) is 100.0 Å². The van der Waals surface area contributed by atoms with Gasteiger partial charge in [-0.1, -0.05) is 118 Å². The van der Waals surface area contributed by atoms with Crippen LogP contribution in [-0.4, -0.2) is 23.7 Å². The molecule has 4 aromatic carbocycles. The van der Waals surface area contributed by atoms with Gasteiger partial charge in [0.2, 0.25) is 0 Å². The van der Waals surface area contributed by atoms with Crippen LogP contribution >= 0.6 is 15.9 Å². The van der Waals surface area contributed by atoms with E-state index in [9.17, 15) is 4.39 Å². The fourth-order valence-corrected chi connectivity index (χ4v) is 5.06. The van der Waals surface area contributed by atoms with Crippen LogP contribution in [0.1, 0.15) is 116 Å². The molecule has 1 fully saturated rings. The van der Waals surface area contributed by atoms with E-state index < -0.39 is 0 Å². The number of phenolic OH excluding ortho intramolecular Hbond substituents is 1. The first-order valence-electron chi connectivity index (χ1n) is 18.6. The molecule has 0 unspecified atom stereocenters. The summed E-state index contributed by atoms with van der Waals surface area (Å²) in [5, 5.41) is 26.6. The first-order chi connectivity index (χ1) is 25.8. The van der Waals surface area contributed by atoms with E-state index in [1.165, 1.54) is 56.4 Å². The van der Waals surface area contributed by atoms with Gasteiger partial charge < -0.3 is 20.3 Å². The number of alkyl halides is 1. The van der Waals surface area contributed by atoms with Gasteiger partial charge in [-0.25, -0.2) is 4.39 Å². The maximum Gasteiger partial charge on any atom is 0.126 e. The van der Waals surface area contributed by atoms with Crippen molar-refractivity contribution in [1.82, 2.24) is 0 Å². The molecule has 0 amide bonds. The fraction of sp³-hybridized carbons (Fsp3) is 0.435. The molecule has 0 bridgehead atoms. The molecule has 303 valence electrons. The average molecular weight is 1070 g/mol. The van der Waals surface area contributed by atoms with Gasteiger partial charge in [0.1, 0.15) is 5.82 Å². The maximum atomic E-state index is 12.8. The molecule has 0 saturated heterocycles. The molecule has 0 aliphatic heterocycles. The second-order valence-corrected chi connectivity index (χ2v) is 14.5. The summed E-state index contributed by atoms with van der Waals surface area (Å²) in [6.45, 7) is 18.8. The summed E-state index contributed by atoms with van der Waals surface area (Å²) in [6.07, 6.45) is 7.38. The van der Waals surface area contributed by atoms with Crippen molar-refractivity contribution in [1.29, 1.82) is 10.5 Å². The average Bonchev–Trinajstić information content (AvgIpc) is 3.17. The standard InChI is InChI=1S/C10H20.C9H11F.C9H12NO.C9H8NO.C7H4NO.C2H5Br.3Y/c1-10(2,3)9-7-5-4-6-8-9;1-7(2)8-5-3-4-6-9(8)10;2*1-2-11-9-5-3-4-8(6-9)7-10;8-5-6-2-1-3-7(9)4-6;1-2-3;;;/h9H,4-8H2,1-3H3;3-7H,1-2H3;3,5-6H,2,7,10H2,1H3;3,5-6H,2H2,1H3;1,3-4,9H;2H2,1H3;;;/q;;3*-1;;;;. The molecule has 0 heterocycles. The van der Waals surface area contributed by atoms with Crippen molar-refractivity contribution in [3.8, 4) is 29.4 Å². The largest absolute Gasteiger partial charge is 0.527 e. The molecule has 3 N–H and O–H groups in total. The second kappa shape index (κ2) is 39.1. The minimum Gasteiger partial charge on any atom is -0.527 e. The summed E-state index contributed by atoms with van der Waals surface area (Å²) in [5.41, 5.74) is 8.64. The van der Waals surface area contributed by atoms with Crippen LogP contribution in [0.25, 0.3) is 0 Å². The van der Waals surface area contributed by atoms with Crippen molar-refractivity contribution < 1.29 is 117 Å². The van der Waals surface area contributed by atoms with Crippen LogP contribution in [0.15, 0.2) is 78.9 Å². The Balaban J connectivity index is -0.000000299. The molecule has 5 rings (SSSR count). The summed E-state index contributed by atoms with van der Waals surface area (Å²) in [6, 6.07) is 34.2. The molecular formula is C46H60BrFN3O3Y3-3. The molecule has 4 aromatic rings. The molecule has 57 heavy (non-hydrogen) atoms. The third kappa shape index (κ3) is 31.5. The molecule has 0 aromatic heterocycles. The Morgan fingerprint density at radius 3 is 1.67 bits per heavy atom. The van der Waals surface area contributed by atoms with Gasteiger partial charge in [-0.15, -0.1) is 54.1 Å². The van der Waals surface area contributed by atoms with Gasteiger partial charge in [0.15, 0.2) is 0 Å². The van der Waals surface area contributed by atoms with E-state index in [0.717, 1.165) is 33.9 Å². The summed E-state index contributed by atoms with van der Waals surface area (Å²) in [7, 11) is 0. The van der Waals surface area contributed by atoms with E-state index >= 15 is 0 Å². The molecule has 11 heteroatoms. The van der Waals surface area contributed by atoms with Crippen molar-refractivity contribution in [3.63, 3.8) is 0 Å². The van der Waals surface area contributed by atoms with Gasteiger partial charge >= 0.3 is 0 Å². The monoisotopic (exact) mass is 1070 g/mol. The Morgan fingerprint density at radius 2 is 1.28 bits per heavy atom. The van der Waals surface area contributed by atoms with Gasteiger partial charge in [0.25, 0.3) is 0 Å². The molecule has 0 spiro atoms. The zero-order valence-electron chi connectivity index (χ0n) is 35.2. The van der Waals surface area contributed by atoms with Crippen LogP contribution in [0, 0.1) is 58.0 Å². The Kier molecular flexibility index (Phi) is 42.9. The van der Waals surface area contributed by atoms with Gasteiger partial charge in [-0.05, 0) is 74.3 Å². The smallest absolute Gasteiger partial charge is 0.126 e. The Morgan fingerprint density at radius 1 is 0.807 bits per heavy atom. The molecule has 0 atom stereocenters. The SMILES string of the molecule is CC(C)(C)C1CCCCC1.CC(C)c1ccccc1F.CCBr.CCOc1cc[c-]c(C#N)c1.CCOc1cc[c-]c(CN)c1.N#Cc1[c-]ccc(O)c1.[Y].[Y].[Y]. The molecule has 1 aliphatic rings. The number of nitrogens with zero attached hydrogens (tertiary/aromatic N) is 2. The van der Waals surface area contributed by atoms with Crippen molar-refractivity contribution in [2.24, 2.45) is 17.1 Å². The number of phenols is 1. The minimum absolute atomic E-state index is 0. The minimum atomic E-state index is -0.0995. The predicted octanol–water partition coefficient (Wildman–Crippen LogP) is 12.1. The Labute approximate surface area is 428 Å². The van der Waals surface area contributed by atoms with Crippen LogP contribution in [0.2, 0.25) is 0 Å². The molecule has 1 aliphatic carbocycles. The first-order valence-corrected chi connectivity index (χ1v) is 19.7. The van der Waals surface area contributed by atoms with E-state index in [1.807, 2.05) is 77.1 Å². The van der Waals surface area contributed by atoms with E-state index in [1.54, 1.807) is 24.3 Å². The quantitative estimate of drug-likeness (QED) is 0.147. The van der Waals surface area contributed by atoms with E-state index in [-0.39, 0.29) is 116 Å². The number of rotatable bonds is 6. The zero-order chi connectivity index (χ0) is 40.8. The predicted molar refractivity (Wildman–Crippen MR) is 223 cm³/mol. The number of nitriles is 2. The first kappa shape index (κ1) is 62.6. The molecule has 1 saturated carbocycles. The number of benzene rings is 4. The van der Waals surface area contributed by atoms with Crippen LogP contribution in [-0.2, 0) is 105 Å². The van der Waals surface area contributed by atoms with Crippen LogP contribution in [0.5, 0.6) is 17.2 Å². The van der Waals surface area contributed by atoms with Crippen LogP contribution in [0.4, 0.5) is 4.39 Å². The maximum absolute atomic E-state index is 12.8. The number of halogens is 2. The van der Waals surface area contributed by atoms with E-state index in [2.05, 4.69) is 54.9 Å². The van der Waals surface area contributed by atoms with Gasteiger partial charge in [0.05, 0.1) is 13.2 Å². The number of aromatic hydroxyl groups is 1. The summed E-state index contributed by atoms with van der Waals surface area (Å²) < 4.78 is 23.3. The topological polar surface area (TPSA) is 112 Å². The van der Waals surface area contributed by atoms with Crippen molar-refractivity contribution in [2.75, 3.05) is 18.5 Å². The summed E-state index contributed by atoms with van der Waals surface area (Å²) in [4.78, 5) is 0. The van der Waals surface area contributed by atoms with Gasteiger partial charge in [0, 0.05) is 121 Å². The van der Waals surface area contributed by atoms with Gasteiger partial charge in [-0.2, -0.15) is 12.1 Å². The van der Waals surface area contributed by atoms with E-state index in [4.69, 9.17) is 30.8 Å². The van der Waals surface area contributed by atoms with E-state index in [0.29, 0.717) is 36.3 Å². The normalized spacial score (nSPS) is 11.1. The third-order valence-electron chi connectivity index (χ3n) is 7.83. The molecular weight excluding hydrogens is 1010 g/mol. The Hall–Kier alpha value is -1.06. The van der Waals surface area contributed by atoms with Gasteiger partial charge in [-0.3, -0.25) is 10.5 Å². The Bertz CT molecular complexity index is 1650. The number of hydrogen-bond donors (Lipinski definition) is 2. The molecule has 6 nitrogen and oxygen atoms in total. The number of ether oxygens (including phenoxy) is 2. The van der Waals surface area contributed by atoms with Crippen molar-refractivity contribution in [3.05, 3.63) is 125 Å². The third-order valence-corrected chi connectivity index (χ3v) is 7.83. The van der Waals surface area contributed by atoms with Crippen LogP contribution in [0.3, 0.4) is 0 Å². The van der Waals surface area contributed by atoms with Crippen LogP contribution < -0.4 is 15.2 Å². The number of hydrogen-bond acceptors (Lipinski definition) is 6. The summed E-state index contributed by atoms with van der Waals surface area (Å²) in [5.74, 6) is 2.87. The summed E-state index contributed by atoms with van der Waals surface area (Å²) >= 11 is 3.15. The van der Waals surface area contributed by atoms with Crippen molar-refractivity contribution >= 4 is 15.9 Å².